The van der Waals surface area contributed by atoms with Crippen molar-refractivity contribution < 1.29 is 9.59 Å². The predicted octanol–water partition coefficient (Wildman–Crippen LogP) is 1.03. The second-order valence-electron chi connectivity index (χ2n) is 4.32. The van der Waals surface area contributed by atoms with E-state index in [0.29, 0.717) is 5.56 Å². The lowest BCUT2D eigenvalue weighted by molar-refractivity contribution is -0.118. The minimum absolute atomic E-state index is 0.138. The number of nitrogens with one attached hydrogen (secondary N) is 2. The highest BCUT2D eigenvalue weighted by Gasteiger charge is 2.12. The Morgan fingerprint density at radius 2 is 2.06 bits per heavy atom. The first-order valence-corrected chi connectivity index (χ1v) is 5.81. The van der Waals surface area contributed by atoms with Crippen LogP contribution >= 0.6 is 0 Å². The molecule has 18 heavy (non-hydrogen) atoms. The maximum atomic E-state index is 11.9. The molecule has 0 spiro atoms. The maximum absolute atomic E-state index is 11.9. The summed E-state index contributed by atoms with van der Waals surface area (Å²) in [5.41, 5.74) is 7.62. The Morgan fingerprint density at radius 1 is 1.39 bits per heavy atom. The molecule has 5 nitrogen and oxygen atoms in total. The standard InChI is InChI=1S/C13H19N3O2/c1-8-6-10(4-5-11(8)15-3)13(18)16-9(2)7-12(14)17/h4-6,9,15H,7H2,1-3H3,(H2,14,17)(H,16,18). The number of benzene rings is 1. The zero-order valence-electron chi connectivity index (χ0n) is 10.9. The minimum Gasteiger partial charge on any atom is -0.388 e. The Labute approximate surface area is 107 Å². The van der Waals surface area contributed by atoms with E-state index >= 15 is 0 Å². The van der Waals surface area contributed by atoms with E-state index in [9.17, 15) is 9.59 Å². The van der Waals surface area contributed by atoms with Crippen molar-refractivity contribution in [3.63, 3.8) is 0 Å². The van der Waals surface area contributed by atoms with Crippen molar-refractivity contribution in [3.8, 4) is 0 Å². The molecule has 0 aromatic heterocycles. The van der Waals surface area contributed by atoms with Gasteiger partial charge in [0, 0.05) is 30.8 Å². The molecule has 1 aromatic carbocycles. The van der Waals surface area contributed by atoms with Crippen LogP contribution in [-0.2, 0) is 4.79 Å². The lowest BCUT2D eigenvalue weighted by Gasteiger charge is -2.13. The van der Waals surface area contributed by atoms with Gasteiger partial charge in [-0.25, -0.2) is 0 Å². The minimum atomic E-state index is -0.426. The van der Waals surface area contributed by atoms with Gasteiger partial charge in [0.2, 0.25) is 5.91 Å². The van der Waals surface area contributed by atoms with Gasteiger partial charge in [-0.2, -0.15) is 0 Å². The number of nitrogens with two attached hydrogens (primary N) is 1. The number of amides is 2. The van der Waals surface area contributed by atoms with Crippen molar-refractivity contribution in [2.45, 2.75) is 26.3 Å². The van der Waals surface area contributed by atoms with Crippen LogP contribution in [-0.4, -0.2) is 24.9 Å². The first-order chi connectivity index (χ1) is 8.43. The van der Waals surface area contributed by atoms with Crippen molar-refractivity contribution in [2.24, 2.45) is 5.73 Å². The van der Waals surface area contributed by atoms with Gasteiger partial charge in [0.1, 0.15) is 0 Å². The van der Waals surface area contributed by atoms with Crippen LogP contribution in [0.15, 0.2) is 18.2 Å². The molecule has 0 radical (unpaired) electrons. The third kappa shape index (κ3) is 3.76. The summed E-state index contributed by atoms with van der Waals surface area (Å²) in [6.45, 7) is 3.67. The largest absolute Gasteiger partial charge is 0.388 e. The van der Waals surface area contributed by atoms with E-state index in [4.69, 9.17) is 5.73 Å². The van der Waals surface area contributed by atoms with Gasteiger partial charge in [-0.1, -0.05) is 0 Å². The molecule has 1 unspecified atom stereocenters. The molecule has 4 N–H and O–H groups in total. The van der Waals surface area contributed by atoms with E-state index in [1.165, 1.54) is 0 Å². The van der Waals surface area contributed by atoms with Crippen LogP contribution < -0.4 is 16.4 Å². The summed E-state index contributed by atoms with van der Waals surface area (Å²) in [4.78, 5) is 22.6. The average molecular weight is 249 g/mol. The third-order valence-corrected chi connectivity index (χ3v) is 2.64. The fourth-order valence-electron chi connectivity index (χ4n) is 1.75. The van der Waals surface area contributed by atoms with Crippen LogP contribution in [0.2, 0.25) is 0 Å². The highest BCUT2D eigenvalue weighted by molar-refractivity contribution is 5.95. The van der Waals surface area contributed by atoms with Gasteiger partial charge in [-0.05, 0) is 37.6 Å². The summed E-state index contributed by atoms with van der Waals surface area (Å²) in [6, 6.07) is 5.13. The maximum Gasteiger partial charge on any atom is 0.251 e. The van der Waals surface area contributed by atoms with Crippen molar-refractivity contribution in [1.82, 2.24) is 5.32 Å². The Hall–Kier alpha value is -2.04. The molecule has 0 bridgehead atoms. The van der Waals surface area contributed by atoms with Gasteiger partial charge in [-0.15, -0.1) is 0 Å². The molecule has 0 aliphatic rings. The van der Waals surface area contributed by atoms with Gasteiger partial charge in [0.25, 0.3) is 5.91 Å². The third-order valence-electron chi connectivity index (χ3n) is 2.64. The van der Waals surface area contributed by atoms with Crippen LogP contribution in [0.5, 0.6) is 0 Å². The molecular formula is C13H19N3O2. The second-order valence-corrected chi connectivity index (χ2v) is 4.32. The summed E-state index contributed by atoms with van der Waals surface area (Å²) >= 11 is 0. The Morgan fingerprint density at radius 3 is 2.56 bits per heavy atom. The van der Waals surface area contributed by atoms with E-state index in [0.717, 1.165) is 11.3 Å². The number of hydrogen-bond acceptors (Lipinski definition) is 3. The summed E-state index contributed by atoms with van der Waals surface area (Å²) in [5, 5.41) is 5.77. The molecule has 98 valence electrons. The van der Waals surface area contributed by atoms with Crippen molar-refractivity contribution in [3.05, 3.63) is 29.3 Å². The normalized spacial score (nSPS) is 11.7. The monoisotopic (exact) mass is 249 g/mol. The number of carbonyl (C=O) groups is 2. The molecule has 1 aromatic rings. The number of carbonyl (C=O) groups excluding carboxylic acids is 2. The Balaban J connectivity index is 2.72. The quantitative estimate of drug-likeness (QED) is 0.728. The topological polar surface area (TPSA) is 84.2 Å². The van der Waals surface area contributed by atoms with Gasteiger partial charge >= 0.3 is 0 Å². The first-order valence-electron chi connectivity index (χ1n) is 5.81. The number of primary amides is 1. The lowest BCUT2D eigenvalue weighted by atomic mass is 10.1. The van der Waals surface area contributed by atoms with E-state index in [-0.39, 0.29) is 18.4 Å². The van der Waals surface area contributed by atoms with Gasteiger partial charge in [-0.3, -0.25) is 9.59 Å². The molecule has 0 heterocycles. The van der Waals surface area contributed by atoms with Crippen LogP contribution in [0.3, 0.4) is 0 Å². The molecule has 0 fully saturated rings. The van der Waals surface area contributed by atoms with E-state index in [1.54, 1.807) is 19.1 Å². The zero-order valence-corrected chi connectivity index (χ0v) is 10.9. The van der Waals surface area contributed by atoms with E-state index in [2.05, 4.69) is 10.6 Å². The fourth-order valence-corrected chi connectivity index (χ4v) is 1.75. The number of anilines is 1. The Bertz CT molecular complexity index is 458. The SMILES string of the molecule is CNc1ccc(C(=O)NC(C)CC(N)=O)cc1C. The summed E-state index contributed by atoms with van der Waals surface area (Å²) in [7, 11) is 1.83. The summed E-state index contributed by atoms with van der Waals surface area (Å²) in [6.07, 6.45) is 0.138. The molecule has 0 saturated heterocycles. The van der Waals surface area contributed by atoms with E-state index < -0.39 is 5.91 Å². The highest BCUT2D eigenvalue weighted by atomic mass is 16.2. The van der Waals surface area contributed by atoms with Crippen molar-refractivity contribution >= 4 is 17.5 Å². The van der Waals surface area contributed by atoms with Gasteiger partial charge < -0.3 is 16.4 Å². The van der Waals surface area contributed by atoms with Crippen LogP contribution in [0.25, 0.3) is 0 Å². The fraction of sp³-hybridized carbons (Fsp3) is 0.385. The second kappa shape index (κ2) is 6.05. The number of rotatable bonds is 5. The highest BCUT2D eigenvalue weighted by Crippen LogP contribution is 2.15. The van der Waals surface area contributed by atoms with Gasteiger partial charge in [0.15, 0.2) is 0 Å². The zero-order chi connectivity index (χ0) is 13.7. The summed E-state index contributed by atoms with van der Waals surface area (Å²) < 4.78 is 0. The number of aryl methyl sites for hydroxylation is 1. The molecule has 0 aliphatic carbocycles. The molecule has 1 atom stereocenters. The molecule has 1 rings (SSSR count). The number of hydrogen-bond donors (Lipinski definition) is 3. The summed E-state index contributed by atoms with van der Waals surface area (Å²) in [5.74, 6) is -0.626. The molecule has 0 aliphatic heterocycles. The average Bonchev–Trinajstić information content (AvgIpc) is 2.27. The van der Waals surface area contributed by atoms with Crippen molar-refractivity contribution in [2.75, 3.05) is 12.4 Å². The van der Waals surface area contributed by atoms with Crippen LogP contribution in [0.4, 0.5) is 5.69 Å². The van der Waals surface area contributed by atoms with Gasteiger partial charge in [0.05, 0.1) is 0 Å². The molecule has 5 heteroatoms. The predicted molar refractivity (Wildman–Crippen MR) is 71.5 cm³/mol. The molecule has 0 saturated carbocycles. The van der Waals surface area contributed by atoms with Crippen LogP contribution in [0, 0.1) is 6.92 Å². The lowest BCUT2D eigenvalue weighted by Crippen LogP contribution is -2.35. The van der Waals surface area contributed by atoms with Crippen LogP contribution in [0.1, 0.15) is 29.3 Å². The molecular weight excluding hydrogens is 230 g/mol. The Kier molecular flexibility index (Phi) is 4.71. The smallest absolute Gasteiger partial charge is 0.251 e. The van der Waals surface area contributed by atoms with Crippen molar-refractivity contribution in [1.29, 1.82) is 0 Å². The van der Waals surface area contributed by atoms with E-state index in [1.807, 2.05) is 20.0 Å². The molecule has 2 amide bonds. The first kappa shape index (κ1) is 14.0.